The van der Waals surface area contributed by atoms with Gasteiger partial charge in [-0.25, -0.2) is 4.79 Å². The Morgan fingerprint density at radius 2 is 2.00 bits per heavy atom. The zero-order valence-electron chi connectivity index (χ0n) is 4.21. The van der Waals surface area contributed by atoms with E-state index in [1.54, 1.807) is 0 Å². The van der Waals surface area contributed by atoms with Crippen LogP contribution in [0.25, 0.3) is 0 Å². The Morgan fingerprint density at radius 1 is 1.50 bits per heavy atom. The van der Waals surface area contributed by atoms with Crippen molar-refractivity contribution in [2.45, 2.75) is 6.92 Å². The molecule has 0 radical (unpaired) electrons. The van der Waals surface area contributed by atoms with Gasteiger partial charge in [0.1, 0.15) is 0 Å². The Labute approximate surface area is 45.4 Å². The van der Waals surface area contributed by atoms with Crippen LogP contribution in [0.4, 0.5) is 0 Å². The third kappa shape index (κ3) is 3.02. The summed E-state index contributed by atoms with van der Waals surface area (Å²) >= 11 is 0. The minimum atomic E-state index is -1.16. The highest BCUT2D eigenvalue weighted by molar-refractivity contribution is 6.22. The summed E-state index contributed by atoms with van der Waals surface area (Å²) in [6.07, 6.45) is -0.0681. The summed E-state index contributed by atoms with van der Waals surface area (Å²) in [5.41, 5.74) is 0. The minimum absolute atomic E-state index is 0.0681. The standard InChI is InChI=1S/C4H4O4/c1-3(6)8-4(7)2-5/h2H,1H3. The zero-order chi connectivity index (χ0) is 6.57. The van der Waals surface area contributed by atoms with Gasteiger partial charge in [-0.1, -0.05) is 0 Å². The number of esters is 2. The molecule has 4 heteroatoms. The fourth-order valence-corrected chi connectivity index (χ4v) is 0.166. The first-order valence-electron chi connectivity index (χ1n) is 1.84. The Bertz CT molecular complexity index is 126. The van der Waals surface area contributed by atoms with Gasteiger partial charge in [0.25, 0.3) is 0 Å². The molecule has 0 saturated heterocycles. The predicted octanol–water partition coefficient (Wildman–Crippen LogP) is -0.725. The molecule has 0 fully saturated rings. The van der Waals surface area contributed by atoms with Gasteiger partial charge < -0.3 is 4.74 Å². The van der Waals surface area contributed by atoms with E-state index in [0.29, 0.717) is 0 Å². The lowest BCUT2D eigenvalue weighted by Gasteiger charge is -1.86. The Kier molecular flexibility index (Phi) is 2.47. The van der Waals surface area contributed by atoms with Crippen molar-refractivity contribution in [3.8, 4) is 0 Å². The summed E-state index contributed by atoms with van der Waals surface area (Å²) in [5.74, 6) is -1.93. The van der Waals surface area contributed by atoms with E-state index in [0.717, 1.165) is 6.92 Å². The number of rotatable bonds is 1. The molecular formula is C4H4O4. The highest BCUT2D eigenvalue weighted by atomic mass is 16.6. The molecule has 0 rings (SSSR count). The molecule has 0 aliphatic heterocycles. The molecule has 0 aromatic heterocycles. The average molecular weight is 116 g/mol. The van der Waals surface area contributed by atoms with Gasteiger partial charge in [0.05, 0.1) is 0 Å². The van der Waals surface area contributed by atoms with Crippen molar-refractivity contribution in [1.29, 1.82) is 0 Å². The van der Waals surface area contributed by atoms with Gasteiger partial charge in [0.2, 0.25) is 6.29 Å². The molecule has 0 spiro atoms. The third-order valence-corrected chi connectivity index (χ3v) is 0.341. The fraction of sp³-hybridized carbons (Fsp3) is 0.250. The summed E-state index contributed by atoms with van der Waals surface area (Å²) in [6.45, 7) is 1.04. The maximum Gasteiger partial charge on any atom is 0.378 e. The molecule has 0 amide bonds. The molecule has 0 atom stereocenters. The van der Waals surface area contributed by atoms with Crippen LogP contribution >= 0.6 is 0 Å². The van der Waals surface area contributed by atoms with E-state index < -0.39 is 11.9 Å². The molecule has 44 valence electrons. The Balaban J connectivity index is 3.55. The molecule has 0 N–H and O–H groups in total. The summed E-state index contributed by atoms with van der Waals surface area (Å²) in [6, 6.07) is 0. The van der Waals surface area contributed by atoms with E-state index >= 15 is 0 Å². The van der Waals surface area contributed by atoms with Crippen molar-refractivity contribution in [2.24, 2.45) is 0 Å². The van der Waals surface area contributed by atoms with E-state index in [-0.39, 0.29) is 6.29 Å². The molecular weight excluding hydrogens is 112 g/mol. The fourth-order valence-electron chi connectivity index (χ4n) is 0.166. The second-order valence-corrected chi connectivity index (χ2v) is 1.03. The predicted molar refractivity (Wildman–Crippen MR) is 22.8 cm³/mol. The molecule has 0 saturated carbocycles. The molecule has 0 aromatic carbocycles. The minimum Gasteiger partial charge on any atom is -0.388 e. The topological polar surface area (TPSA) is 60.4 Å². The molecule has 8 heavy (non-hydrogen) atoms. The van der Waals surface area contributed by atoms with Crippen LogP contribution in [-0.2, 0) is 19.1 Å². The van der Waals surface area contributed by atoms with Crippen molar-refractivity contribution >= 4 is 18.2 Å². The summed E-state index contributed by atoms with van der Waals surface area (Å²) in [7, 11) is 0. The van der Waals surface area contributed by atoms with E-state index in [4.69, 9.17) is 0 Å². The number of carbonyl (C=O) groups excluding carboxylic acids is 3. The first-order chi connectivity index (χ1) is 3.66. The van der Waals surface area contributed by atoms with E-state index in [2.05, 4.69) is 4.74 Å². The summed E-state index contributed by atoms with van der Waals surface area (Å²) in [4.78, 5) is 29.0. The smallest absolute Gasteiger partial charge is 0.378 e. The van der Waals surface area contributed by atoms with E-state index in [9.17, 15) is 14.4 Å². The SMILES string of the molecule is CC(=O)OC(=O)C=O. The van der Waals surface area contributed by atoms with Crippen molar-refractivity contribution in [2.75, 3.05) is 0 Å². The number of hydrogen-bond donors (Lipinski definition) is 0. The van der Waals surface area contributed by atoms with Crippen molar-refractivity contribution in [3.05, 3.63) is 0 Å². The second kappa shape index (κ2) is 2.90. The highest BCUT2D eigenvalue weighted by Crippen LogP contribution is 1.72. The molecule has 0 bridgehead atoms. The largest absolute Gasteiger partial charge is 0.388 e. The van der Waals surface area contributed by atoms with Crippen LogP contribution in [0.15, 0.2) is 0 Å². The van der Waals surface area contributed by atoms with Crippen LogP contribution in [0.5, 0.6) is 0 Å². The van der Waals surface area contributed by atoms with Gasteiger partial charge >= 0.3 is 11.9 Å². The number of aldehydes is 1. The number of hydrogen-bond acceptors (Lipinski definition) is 4. The van der Waals surface area contributed by atoms with Crippen LogP contribution in [-0.4, -0.2) is 18.2 Å². The molecule has 4 nitrogen and oxygen atoms in total. The van der Waals surface area contributed by atoms with Gasteiger partial charge in [-0.15, -0.1) is 0 Å². The van der Waals surface area contributed by atoms with Crippen molar-refractivity contribution in [1.82, 2.24) is 0 Å². The monoisotopic (exact) mass is 116 g/mol. The number of carbonyl (C=O) groups is 3. The molecule has 0 heterocycles. The van der Waals surface area contributed by atoms with Gasteiger partial charge in [0.15, 0.2) is 0 Å². The van der Waals surface area contributed by atoms with Crippen LogP contribution in [0.3, 0.4) is 0 Å². The van der Waals surface area contributed by atoms with Gasteiger partial charge in [-0.2, -0.15) is 0 Å². The second-order valence-electron chi connectivity index (χ2n) is 1.03. The Morgan fingerprint density at radius 3 is 2.12 bits per heavy atom. The van der Waals surface area contributed by atoms with E-state index in [1.807, 2.05) is 0 Å². The summed E-state index contributed by atoms with van der Waals surface area (Å²) < 4.78 is 3.75. The zero-order valence-corrected chi connectivity index (χ0v) is 4.21. The molecule has 0 aromatic rings. The Hall–Kier alpha value is -1.19. The van der Waals surface area contributed by atoms with E-state index in [1.165, 1.54) is 0 Å². The quantitative estimate of drug-likeness (QED) is 0.196. The maximum absolute atomic E-state index is 9.81. The lowest BCUT2D eigenvalue weighted by atomic mass is 10.7. The van der Waals surface area contributed by atoms with Crippen LogP contribution in [0.2, 0.25) is 0 Å². The lowest BCUT2D eigenvalue weighted by Crippen LogP contribution is -2.08. The van der Waals surface area contributed by atoms with Gasteiger partial charge in [-0.3, -0.25) is 9.59 Å². The van der Waals surface area contributed by atoms with Crippen molar-refractivity contribution in [3.63, 3.8) is 0 Å². The maximum atomic E-state index is 9.81. The van der Waals surface area contributed by atoms with Crippen LogP contribution < -0.4 is 0 Å². The molecule has 0 unspecified atom stereocenters. The molecule has 0 aliphatic carbocycles. The first-order valence-corrected chi connectivity index (χ1v) is 1.84. The normalized spacial score (nSPS) is 7.62. The average Bonchev–Trinajstić information content (AvgIpc) is 1.65. The summed E-state index contributed by atoms with van der Waals surface area (Å²) in [5, 5.41) is 0. The lowest BCUT2D eigenvalue weighted by molar-refractivity contribution is -0.159. The van der Waals surface area contributed by atoms with Crippen LogP contribution in [0, 0.1) is 0 Å². The van der Waals surface area contributed by atoms with Gasteiger partial charge in [0, 0.05) is 6.92 Å². The van der Waals surface area contributed by atoms with Crippen molar-refractivity contribution < 1.29 is 19.1 Å². The van der Waals surface area contributed by atoms with Crippen LogP contribution in [0.1, 0.15) is 6.92 Å². The third-order valence-electron chi connectivity index (χ3n) is 0.341. The first kappa shape index (κ1) is 6.81. The molecule has 0 aliphatic rings. The number of ether oxygens (including phenoxy) is 1. The van der Waals surface area contributed by atoms with Gasteiger partial charge in [-0.05, 0) is 0 Å². The highest BCUT2D eigenvalue weighted by Gasteiger charge is 2.00.